The minimum absolute atomic E-state index is 0.0491. The van der Waals surface area contributed by atoms with Crippen LogP contribution in [0.15, 0.2) is 30.5 Å². The summed E-state index contributed by atoms with van der Waals surface area (Å²) in [4.78, 5) is 36.4. The number of hydrogen-bond acceptors (Lipinski definition) is 6. The van der Waals surface area contributed by atoms with E-state index in [1.807, 2.05) is 0 Å². The zero-order valence-corrected chi connectivity index (χ0v) is 17.3. The Hall–Kier alpha value is -3.37. The molecule has 1 aliphatic carbocycles. The molecule has 0 spiro atoms. The third-order valence-electron chi connectivity index (χ3n) is 5.10. The van der Waals surface area contributed by atoms with Crippen LogP contribution in [0.2, 0.25) is 0 Å². The number of carbonyl (C=O) groups excluding carboxylic acids is 3. The largest absolute Gasteiger partial charge is 0.493 e. The van der Waals surface area contributed by atoms with Crippen molar-refractivity contribution in [3.8, 4) is 11.4 Å². The second-order valence-electron chi connectivity index (χ2n) is 7.36. The Bertz CT molecular complexity index is 997. The second-order valence-corrected chi connectivity index (χ2v) is 7.36. The van der Waals surface area contributed by atoms with Gasteiger partial charge in [0, 0.05) is 5.92 Å². The van der Waals surface area contributed by atoms with E-state index in [9.17, 15) is 27.6 Å². The second kappa shape index (κ2) is 9.84. The molecule has 2 amide bonds. The van der Waals surface area contributed by atoms with E-state index in [4.69, 9.17) is 9.47 Å². The van der Waals surface area contributed by atoms with Crippen LogP contribution in [0.1, 0.15) is 48.2 Å². The van der Waals surface area contributed by atoms with Crippen molar-refractivity contribution < 1.29 is 37.0 Å². The molecular formula is C21H22F3N3O5. The van der Waals surface area contributed by atoms with E-state index in [0.717, 1.165) is 36.1 Å². The summed E-state index contributed by atoms with van der Waals surface area (Å²) in [6.45, 7) is -0.711. The summed E-state index contributed by atoms with van der Waals surface area (Å²) in [5.74, 6) is -2.46. The highest BCUT2D eigenvalue weighted by atomic mass is 19.4. The Balaban J connectivity index is 1.65. The van der Waals surface area contributed by atoms with E-state index in [2.05, 4.69) is 10.4 Å². The predicted octanol–water partition coefficient (Wildman–Crippen LogP) is 3.28. The molecule has 32 heavy (non-hydrogen) atoms. The van der Waals surface area contributed by atoms with Crippen molar-refractivity contribution in [1.29, 1.82) is 0 Å². The molecule has 0 aliphatic heterocycles. The van der Waals surface area contributed by atoms with Crippen LogP contribution < -0.4 is 10.1 Å². The van der Waals surface area contributed by atoms with Crippen LogP contribution in [0.3, 0.4) is 0 Å². The Morgan fingerprint density at radius 3 is 2.56 bits per heavy atom. The van der Waals surface area contributed by atoms with E-state index in [0.29, 0.717) is 12.8 Å². The number of hydrogen-bond donors (Lipinski definition) is 1. The molecule has 0 bridgehead atoms. The summed E-state index contributed by atoms with van der Waals surface area (Å²) in [7, 11) is 1.25. The number of benzene rings is 1. The fraction of sp³-hybridized carbons (Fsp3) is 0.429. The molecule has 3 rings (SSSR count). The molecule has 0 radical (unpaired) electrons. The maximum absolute atomic E-state index is 13.0. The van der Waals surface area contributed by atoms with Crippen LogP contribution in [0.25, 0.3) is 5.69 Å². The average Bonchev–Trinajstić information content (AvgIpc) is 3.22. The fourth-order valence-corrected chi connectivity index (χ4v) is 3.45. The highest BCUT2D eigenvalue weighted by Crippen LogP contribution is 2.31. The number of nitrogens with one attached hydrogen (secondary N) is 1. The van der Waals surface area contributed by atoms with Gasteiger partial charge in [-0.3, -0.25) is 14.9 Å². The van der Waals surface area contributed by atoms with E-state index in [-0.39, 0.29) is 23.0 Å². The first-order valence-electron chi connectivity index (χ1n) is 10.0. The predicted molar refractivity (Wildman–Crippen MR) is 105 cm³/mol. The minimum atomic E-state index is -4.54. The van der Waals surface area contributed by atoms with Crippen LogP contribution in [-0.4, -0.2) is 41.3 Å². The smallest absolute Gasteiger partial charge is 0.416 e. The van der Waals surface area contributed by atoms with Gasteiger partial charge >= 0.3 is 12.1 Å². The Labute approximate surface area is 181 Å². The third-order valence-corrected chi connectivity index (χ3v) is 5.10. The van der Waals surface area contributed by atoms with Gasteiger partial charge in [0.2, 0.25) is 11.6 Å². The number of nitrogens with zero attached hydrogens (tertiary/aromatic N) is 2. The van der Waals surface area contributed by atoms with Crippen LogP contribution in [-0.2, 0) is 20.5 Å². The van der Waals surface area contributed by atoms with Crippen LogP contribution in [0.5, 0.6) is 5.75 Å². The standard InChI is InChI=1S/C21H22F3N3O5/c1-31-16-11-27(15-9-5-8-14(10-15)21(22,23)24)26-18(16)20(30)32-12-17(28)25-19(29)13-6-3-2-4-7-13/h5,8-11,13H,2-4,6-7,12H2,1H3,(H,25,28,29). The summed E-state index contributed by atoms with van der Waals surface area (Å²) < 4.78 is 49.9. The van der Waals surface area contributed by atoms with Crippen molar-refractivity contribution in [3.63, 3.8) is 0 Å². The molecule has 8 nitrogen and oxygen atoms in total. The molecule has 0 unspecified atom stereocenters. The Kier molecular flexibility index (Phi) is 7.16. The first-order valence-corrected chi connectivity index (χ1v) is 10.0. The number of imide groups is 1. The molecule has 1 aliphatic rings. The van der Waals surface area contributed by atoms with E-state index >= 15 is 0 Å². The lowest BCUT2D eigenvalue weighted by Crippen LogP contribution is -2.38. The van der Waals surface area contributed by atoms with Gasteiger partial charge < -0.3 is 9.47 Å². The maximum Gasteiger partial charge on any atom is 0.416 e. The average molecular weight is 453 g/mol. The number of rotatable bonds is 6. The molecule has 2 aromatic rings. The summed E-state index contributed by atoms with van der Waals surface area (Å²) in [6.07, 6.45) is 1.01. The summed E-state index contributed by atoms with van der Waals surface area (Å²) >= 11 is 0. The molecule has 1 saturated carbocycles. The molecule has 1 N–H and O–H groups in total. The number of aromatic nitrogens is 2. The van der Waals surface area contributed by atoms with Gasteiger partial charge in [-0.05, 0) is 31.0 Å². The summed E-state index contributed by atoms with van der Waals surface area (Å²) in [5.41, 5.74) is -1.16. The minimum Gasteiger partial charge on any atom is -0.493 e. The normalized spacial score (nSPS) is 14.6. The van der Waals surface area contributed by atoms with Gasteiger partial charge in [-0.1, -0.05) is 25.3 Å². The van der Waals surface area contributed by atoms with Crippen LogP contribution in [0, 0.1) is 5.92 Å². The molecule has 1 heterocycles. The van der Waals surface area contributed by atoms with Crippen molar-refractivity contribution in [3.05, 3.63) is 41.7 Å². The summed E-state index contributed by atoms with van der Waals surface area (Å²) in [5, 5.41) is 6.16. The highest BCUT2D eigenvalue weighted by Gasteiger charge is 2.31. The number of halogens is 3. The van der Waals surface area contributed by atoms with Gasteiger partial charge in [-0.2, -0.15) is 18.3 Å². The van der Waals surface area contributed by atoms with Gasteiger partial charge in [0.25, 0.3) is 5.91 Å². The van der Waals surface area contributed by atoms with Crippen molar-refractivity contribution >= 4 is 17.8 Å². The van der Waals surface area contributed by atoms with E-state index in [1.54, 1.807) is 0 Å². The molecule has 1 fully saturated rings. The van der Waals surface area contributed by atoms with Crippen molar-refractivity contribution in [1.82, 2.24) is 15.1 Å². The van der Waals surface area contributed by atoms with Crippen LogP contribution >= 0.6 is 0 Å². The number of esters is 1. The van der Waals surface area contributed by atoms with Gasteiger partial charge in [0.1, 0.15) is 0 Å². The molecule has 11 heteroatoms. The quantitative estimate of drug-likeness (QED) is 0.674. The monoisotopic (exact) mass is 453 g/mol. The van der Waals surface area contributed by atoms with E-state index in [1.165, 1.54) is 25.4 Å². The number of methoxy groups -OCH3 is 1. The zero-order chi connectivity index (χ0) is 23.3. The lowest BCUT2D eigenvalue weighted by molar-refractivity contribution is -0.138. The third kappa shape index (κ3) is 5.65. The van der Waals surface area contributed by atoms with E-state index < -0.39 is 36.1 Å². The van der Waals surface area contributed by atoms with Crippen molar-refractivity contribution in [2.24, 2.45) is 5.92 Å². The molecule has 1 aromatic heterocycles. The van der Waals surface area contributed by atoms with Gasteiger partial charge in [0.15, 0.2) is 12.4 Å². The zero-order valence-electron chi connectivity index (χ0n) is 17.3. The molecular weight excluding hydrogens is 431 g/mol. The van der Waals surface area contributed by atoms with Gasteiger partial charge in [-0.15, -0.1) is 0 Å². The molecule has 0 atom stereocenters. The van der Waals surface area contributed by atoms with Crippen molar-refractivity contribution in [2.75, 3.05) is 13.7 Å². The Morgan fingerprint density at radius 2 is 1.91 bits per heavy atom. The molecule has 1 aromatic carbocycles. The maximum atomic E-state index is 13.0. The lowest BCUT2D eigenvalue weighted by atomic mass is 9.89. The first kappa shape index (κ1) is 23.3. The fourth-order valence-electron chi connectivity index (χ4n) is 3.45. The molecule has 172 valence electrons. The summed E-state index contributed by atoms with van der Waals surface area (Å²) in [6, 6.07) is 4.36. The topological polar surface area (TPSA) is 99.5 Å². The number of amides is 2. The lowest BCUT2D eigenvalue weighted by Gasteiger charge is -2.20. The Morgan fingerprint density at radius 1 is 1.19 bits per heavy atom. The SMILES string of the molecule is COc1cn(-c2cccc(C(F)(F)F)c2)nc1C(=O)OCC(=O)NC(=O)C1CCCCC1. The van der Waals surface area contributed by atoms with Gasteiger partial charge in [-0.25, -0.2) is 9.48 Å². The first-order chi connectivity index (χ1) is 15.2. The van der Waals surface area contributed by atoms with Crippen LogP contribution in [0.4, 0.5) is 13.2 Å². The number of alkyl halides is 3. The highest BCUT2D eigenvalue weighted by molar-refractivity contribution is 5.98. The van der Waals surface area contributed by atoms with Gasteiger partial charge in [0.05, 0.1) is 24.6 Å². The number of ether oxygens (including phenoxy) is 2. The number of carbonyl (C=O) groups is 3. The molecule has 0 saturated heterocycles. The van der Waals surface area contributed by atoms with Crippen molar-refractivity contribution in [2.45, 2.75) is 38.3 Å².